The van der Waals surface area contributed by atoms with E-state index in [0.29, 0.717) is 57.1 Å². The summed E-state index contributed by atoms with van der Waals surface area (Å²) in [7, 11) is -3.54. The van der Waals surface area contributed by atoms with E-state index in [2.05, 4.69) is 12.1 Å². The number of amides is 1. The van der Waals surface area contributed by atoms with Crippen molar-refractivity contribution in [3.05, 3.63) is 65.2 Å². The van der Waals surface area contributed by atoms with Crippen LogP contribution in [0.3, 0.4) is 0 Å². The number of hydrogen-bond acceptors (Lipinski definition) is 4. The summed E-state index contributed by atoms with van der Waals surface area (Å²) >= 11 is 0. The topological polar surface area (TPSA) is 66.9 Å². The van der Waals surface area contributed by atoms with Crippen molar-refractivity contribution >= 4 is 15.9 Å². The third kappa shape index (κ3) is 6.38. The van der Waals surface area contributed by atoms with Gasteiger partial charge in [-0.1, -0.05) is 42.5 Å². The van der Waals surface area contributed by atoms with Crippen molar-refractivity contribution in [1.82, 2.24) is 9.21 Å². The van der Waals surface area contributed by atoms with E-state index in [9.17, 15) is 13.2 Å². The lowest BCUT2D eigenvalue weighted by Gasteiger charge is -2.34. The Bertz CT molecular complexity index is 968. The molecule has 1 heterocycles. The summed E-state index contributed by atoms with van der Waals surface area (Å²) in [5.74, 6) is 0.0652. The van der Waals surface area contributed by atoms with Crippen LogP contribution in [0, 0.1) is 13.8 Å². The minimum absolute atomic E-state index is 0.0652. The van der Waals surface area contributed by atoms with Gasteiger partial charge in [-0.3, -0.25) is 4.79 Å². The van der Waals surface area contributed by atoms with Gasteiger partial charge in [-0.2, -0.15) is 4.31 Å². The van der Waals surface area contributed by atoms with Crippen LogP contribution in [0.2, 0.25) is 0 Å². The van der Waals surface area contributed by atoms with Crippen molar-refractivity contribution in [3.63, 3.8) is 0 Å². The molecule has 0 aliphatic carbocycles. The van der Waals surface area contributed by atoms with E-state index < -0.39 is 10.0 Å². The Morgan fingerprint density at radius 1 is 0.968 bits per heavy atom. The highest BCUT2D eigenvalue weighted by Crippen LogP contribution is 2.22. The van der Waals surface area contributed by atoms with Crippen LogP contribution in [0.4, 0.5) is 0 Å². The van der Waals surface area contributed by atoms with Gasteiger partial charge in [-0.15, -0.1) is 0 Å². The second kappa shape index (κ2) is 10.9. The van der Waals surface area contributed by atoms with Crippen molar-refractivity contribution in [2.24, 2.45) is 0 Å². The first-order valence-corrected chi connectivity index (χ1v) is 12.3. The molecule has 0 spiro atoms. The highest BCUT2D eigenvalue weighted by atomic mass is 32.2. The third-order valence-electron chi connectivity index (χ3n) is 5.61. The molecule has 1 saturated heterocycles. The highest BCUT2D eigenvalue weighted by Gasteiger charge is 2.30. The van der Waals surface area contributed by atoms with Crippen molar-refractivity contribution in [3.8, 4) is 0 Å². The lowest BCUT2D eigenvalue weighted by atomic mass is 10.2. The first-order chi connectivity index (χ1) is 14.9. The molecule has 1 aliphatic rings. The minimum Gasteiger partial charge on any atom is -0.381 e. The number of aryl methyl sites for hydroxylation is 2. The molecule has 0 aromatic heterocycles. The van der Waals surface area contributed by atoms with E-state index >= 15 is 0 Å². The largest absolute Gasteiger partial charge is 0.381 e. The smallest absolute Gasteiger partial charge is 0.243 e. The van der Waals surface area contributed by atoms with Crippen LogP contribution in [-0.4, -0.2) is 62.9 Å². The van der Waals surface area contributed by atoms with Crippen LogP contribution in [0.1, 0.15) is 29.5 Å². The maximum atomic E-state index is 13.0. The molecule has 0 unspecified atom stereocenters. The van der Waals surface area contributed by atoms with Gasteiger partial charge in [-0.05, 0) is 49.4 Å². The number of hydrogen-bond donors (Lipinski definition) is 0. The summed E-state index contributed by atoms with van der Waals surface area (Å²) in [4.78, 5) is 14.6. The molecule has 0 radical (unpaired) electrons. The first-order valence-electron chi connectivity index (χ1n) is 10.8. The lowest BCUT2D eigenvalue weighted by molar-refractivity contribution is -0.132. The molecular weight excluding hydrogens is 412 g/mol. The van der Waals surface area contributed by atoms with Gasteiger partial charge in [0.1, 0.15) is 0 Å². The normalized spacial score (nSPS) is 15.2. The van der Waals surface area contributed by atoms with Crippen molar-refractivity contribution in [1.29, 1.82) is 0 Å². The molecule has 7 heteroatoms. The number of carbonyl (C=O) groups is 1. The number of piperazine rings is 1. The van der Waals surface area contributed by atoms with E-state index in [4.69, 9.17) is 4.74 Å². The predicted octanol–water partition coefficient (Wildman–Crippen LogP) is 3.18. The molecule has 168 valence electrons. The Kier molecular flexibility index (Phi) is 8.23. The number of benzene rings is 2. The standard InChI is InChI=1S/C24H32N2O4S/c1-20-10-11-21(2)23(19-20)31(28,29)26-15-13-25(14-16-26)24(27)9-6-17-30-18-12-22-7-4-3-5-8-22/h3-5,7-8,10-11,19H,6,9,12-18H2,1-2H3. The molecule has 1 amide bonds. The summed E-state index contributed by atoms with van der Waals surface area (Å²) in [6.45, 7) is 6.42. The van der Waals surface area contributed by atoms with E-state index in [1.807, 2.05) is 44.2 Å². The number of nitrogens with zero attached hydrogens (tertiary/aromatic N) is 2. The zero-order valence-corrected chi connectivity index (χ0v) is 19.2. The Labute approximate surface area is 185 Å². The molecule has 0 atom stereocenters. The number of carbonyl (C=O) groups excluding carboxylic acids is 1. The van der Waals surface area contributed by atoms with E-state index in [1.54, 1.807) is 11.0 Å². The van der Waals surface area contributed by atoms with Gasteiger partial charge in [0.25, 0.3) is 0 Å². The quantitative estimate of drug-likeness (QED) is 0.557. The van der Waals surface area contributed by atoms with Gasteiger partial charge < -0.3 is 9.64 Å². The summed E-state index contributed by atoms with van der Waals surface area (Å²) in [5.41, 5.74) is 2.91. The lowest BCUT2D eigenvalue weighted by Crippen LogP contribution is -2.50. The average molecular weight is 445 g/mol. The van der Waals surface area contributed by atoms with Crippen LogP contribution in [0.15, 0.2) is 53.4 Å². The fraction of sp³-hybridized carbons (Fsp3) is 0.458. The molecule has 0 N–H and O–H groups in total. The summed E-state index contributed by atoms with van der Waals surface area (Å²) in [5, 5.41) is 0. The predicted molar refractivity (Wildman–Crippen MR) is 121 cm³/mol. The maximum Gasteiger partial charge on any atom is 0.243 e. The summed E-state index contributed by atoms with van der Waals surface area (Å²) < 4.78 is 33.2. The van der Waals surface area contributed by atoms with Gasteiger partial charge in [0.2, 0.25) is 15.9 Å². The molecule has 3 rings (SSSR count). The number of sulfonamides is 1. The second-order valence-corrected chi connectivity index (χ2v) is 9.91. The Morgan fingerprint density at radius 2 is 1.68 bits per heavy atom. The third-order valence-corrected chi connectivity index (χ3v) is 7.65. The van der Waals surface area contributed by atoms with Crippen molar-refractivity contribution < 1.29 is 17.9 Å². The van der Waals surface area contributed by atoms with Gasteiger partial charge in [0, 0.05) is 39.2 Å². The average Bonchev–Trinajstić information content (AvgIpc) is 2.78. The molecule has 1 aliphatic heterocycles. The molecule has 2 aromatic rings. The molecule has 1 fully saturated rings. The molecular formula is C24H32N2O4S. The molecule has 0 bridgehead atoms. The van der Waals surface area contributed by atoms with Crippen molar-refractivity contribution in [2.75, 3.05) is 39.4 Å². The Hall–Kier alpha value is -2.22. The fourth-order valence-electron chi connectivity index (χ4n) is 3.72. The van der Waals surface area contributed by atoms with E-state index in [-0.39, 0.29) is 5.91 Å². The number of rotatable bonds is 9. The highest BCUT2D eigenvalue weighted by molar-refractivity contribution is 7.89. The zero-order valence-electron chi connectivity index (χ0n) is 18.4. The minimum atomic E-state index is -3.54. The van der Waals surface area contributed by atoms with Gasteiger partial charge in [0.05, 0.1) is 11.5 Å². The molecule has 31 heavy (non-hydrogen) atoms. The van der Waals surface area contributed by atoms with Crippen LogP contribution < -0.4 is 0 Å². The number of ether oxygens (including phenoxy) is 1. The SMILES string of the molecule is Cc1ccc(C)c(S(=O)(=O)N2CCN(C(=O)CCCOCCc3ccccc3)CC2)c1. The van der Waals surface area contributed by atoms with Crippen LogP contribution in [-0.2, 0) is 26.0 Å². The Morgan fingerprint density at radius 3 is 2.39 bits per heavy atom. The zero-order chi connectivity index (χ0) is 22.3. The van der Waals surface area contributed by atoms with Gasteiger partial charge in [-0.25, -0.2) is 8.42 Å². The van der Waals surface area contributed by atoms with Crippen LogP contribution in [0.5, 0.6) is 0 Å². The van der Waals surface area contributed by atoms with Gasteiger partial charge >= 0.3 is 0 Å². The van der Waals surface area contributed by atoms with Crippen LogP contribution in [0.25, 0.3) is 0 Å². The summed E-state index contributed by atoms with van der Waals surface area (Å²) in [6.07, 6.45) is 1.97. The molecule has 2 aromatic carbocycles. The van der Waals surface area contributed by atoms with E-state index in [1.165, 1.54) is 9.87 Å². The van der Waals surface area contributed by atoms with E-state index in [0.717, 1.165) is 17.5 Å². The monoisotopic (exact) mass is 444 g/mol. The van der Waals surface area contributed by atoms with Crippen LogP contribution >= 0.6 is 0 Å². The Balaban J connectivity index is 1.39. The maximum absolute atomic E-state index is 13.0. The van der Waals surface area contributed by atoms with Crippen molar-refractivity contribution in [2.45, 2.75) is 38.0 Å². The molecule has 6 nitrogen and oxygen atoms in total. The van der Waals surface area contributed by atoms with Gasteiger partial charge in [0.15, 0.2) is 0 Å². The first kappa shape index (κ1) is 23.4. The molecule has 0 saturated carbocycles. The summed E-state index contributed by atoms with van der Waals surface area (Å²) in [6, 6.07) is 15.6. The fourth-order valence-corrected chi connectivity index (χ4v) is 5.45. The second-order valence-electron chi connectivity index (χ2n) is 8.01.